The molecule has 4 nitrogen and oxygen atoms in total. The van der Waals surface area contributed by atoms with Crippen molar-refractivity contribution in [1.82, 2.24) is 9.97 Å². The second-order valence-corrected chi connectivity index (χ2v) is 3.70. The average Bonchev–Trinajstić information content (AvgIpc) is 2.40. The molecule has 0 atom stereocenters. The molecular weight excluding hydrogens is 214 g/mol. The van der Waals surface area contributed by atoms with E-state index >= 15 is 0 Å². The zero-order valence-corrected chi connectivity index (χ0v) is 9.76. The van der Waals surface area contributed by atoms with Gasteiger partial charge in [-0.3, -0.25) is 0 Å². The lowest BCUT2D eigenvalue weighted by atomic mass is 10.0. The lowest BCUT2D eigenvalue weighted by Crippen LogP contribution is -2.03. The first-order chi connectivity index (χ1) is 8.35. The number of nitrogens with two attached hydrogens (primary N) is 1. The predicted octanol–water partition coefficient (Wildman–Crippen LogP) is 1.65. The van der Waals surface area contributed by atoms with E-state index in [1.165, 1.54) is 11.9 Å². The van der Waals surface area contributed by atoms with E-state index in [2.05, 4.69) is 16.0 Å². The van der Waals surface area contributed by atoms with Crippen molar-refractivity contribution in [2.24, 2.45) is 5.73 Å². The molecule has 0 unspecified atom stereocenters. The van der Waals surface area contributed by atoms with Crippen LogP contribution in [0.4, 0.5) is 0 Å². The molecule has 0 aliphatic rings. The van der Waals surface area contributed by atoms with Gasteiger partial charge in [0, 0.05) is 23.5 Å². The summed E-state index contributed by atoms with van der Waals surface area (Å²) in [6.45, 7) is 0.636. The summed E-state index contributed by atoms with van der Waals surface area (Å²) in [6.07, 6.45) is 5.92. The SMILES string of the molecule is COc1ccc(CCN)cc1-c1cncnc1. The van der Waals surface area contributed by atoms with Crippen molar-refractivity contribution in [1.29, 1.82) is 0 Å². The Bertz CT molecular complexity index is 485. The maximum Gasteiger partial charge on any atom is 0.126 e. The summed E-state index contributed by atoms with van der Waals surface area (Å²) >= 11 is 0. The van der Waals surface area contributed by atoms with Gasteiger partial charge in [-0.25, -0.2) is 9.97 Å². The van der Waals surface area contributed by atoms with Crippen LogP contribution in [-0.2, 0) is 6.42 Å². The van der Waals surface area contributed by atoms with E-state index in [-0.39, 0.29) is 0 Å². The second kappa shape index (κ2) is 5.41. The van der Waals surface area contributed by atoms with Crippen LogP contribution in [0.2, 0.25) is 0 Å². The van der Waals surface area contributed by atoms with Crippen molar-refractivity contribution in [3.63, 3.8) is 0 Å². The Labute approximate surface area is 100 Å². The molecule has 0 saturated heterocycles. The molecule has 0 bridgehead atoms. The van der Waals surface area contributed by atoms with Gasteiger partial charge in [-0.2, -0.15) is 0 Å². The van der Waals surface area contributed by atoms with Crippen LogP contribution in [0.5, 0.6) is 5.75 Å². The number of aromatic nitrogens is 2. The number of rotatable bonds is 4. The first-order valence-electron chi connectivity index (χ1n) is 5.47. The van der Waals surface area contributed by atoms with Crippen LogP contribution in [0.3, 0.4) is 0 Å². The summed E-state index contributed by atoms with van der Waals surface area (Å²) in [5, 5.41) is 0. The van der Waals surface area contributed by atoms with Crippen LogP contribution >= 0.6 is 0 Å². The molecule has 1 heterocycles. The smallest absolute Gasteiger partial charge is 0.126 e. The summed E-state index contributed by atoms with van der Waals surface area (Å²) in [7, 11) is 1.66. The van der Waals surface area contributed by atoms with Crippen LogP contribution in [0.15, 0.2) is 36.9 Å². The first-order valence-corrected chi connectivity index (χ1v) is 5.47. The monoisotopic (exact) mass is 229 g/mol. The lowest BCUT2D eigenvalue weighted by Gasteiger charge is -2.10. The summed E-state index contributed by atoms with van der Waals surface area (Å²) < 4.78 is 5.35. The van der Waals surface area contributed by atoms with Crippen molar-refractivity contribution >= 4 is 0 Å². The Hall–Kier alpha value is -1.94. The minimum absolute atomic E-state index is 0.636. The fourth-order valence-electron chi connectivity index (χ4n) is 1.74. The molecule has 88 valence electrons. The minimum Gasteiger partial charge on any atom is -0.496 e. The van der Waals surface area contributed by atoms with E-state index in [1.807, 2.05) is 12.1 Å². The fraction of sp³-hybridized carbons (Fsp3) is 0.231. The summed E-state index contributed by atoms with van der Waals surface area (Å²) in [5.41, 5.74) is 8.70. The van der Waals surface area contributed by atoms with Crippen LogP contribution < -0.4 is 10.5 Å². The van der Waals surface area contributed by atoms with Crippen molar-refractivity contribution in [3.8, 4) is 16.9 Å². The summed E-state index contributed by atoms with van der Waals surface area (Å²) in [4.78, 5) is 8.04. The molecule has 4 heteroatoms. The zero-order chi connectivity index (χ0) is 12.1. The largest absolute Gasteiger partial charge is 0.496 e. The van der Waals surface area contributed by atoms with E-state index in [9.17, 15) is 0 Å². The molecule has 0 spiro atoms. The van der Waals surface area contributed by atoms with Crippen LogP contribution in [0, 0.1) is 0 Å². The molecule has 0 aliphatic heterocycles. The number of methoxy groups -OCH3 is 1. The molecule has 1 aromatic carbocycles. The lowest BCUT2D eigenvalue weighted by molar-refractivity contribution is 0.416. The van der Waals surface area contributed by atoms with E-state index in [0.29, 0.717) is 6.54 Å². The molecule has 1 aromatic heterocycles. The maximum absolute atomic E-state index is 5.56. The third-order valence-electron chi connectivity index (χ3n) is 2.57. The Morgan fingerprint density at radius 2 is 2.00 bits per heavy atom. The number of benzene rings is 1. The molecular formula is C13H15N3O. The van der Waals surface area contributed by atoms with Crippen molar-refractivity contribution in [2.45, 2.75) is 6.42 Å². The summed E-state index contributed by atoms with van der Waals surface area (Å²) in [6, 6.07) is 6.05. The Kier molecular flexibility index (Phi) is 3.67. The van der Waals surface area contributed by atoms with E-state index in [4.69, 9.17) is 10.5 Å². The molecule has 0 fully saturated rings. The standard InChI is InChI=1S/C13H15N3O/c1-17-13-3-2-10(4-5-14)6-12(13)11-7-15-9-16-8-11/h2-3,6-9H,4-5,14H2,1H3. The fourth-order valence-corrected chi connectivity index (χ4v) is 1.74. The number of hydrogen-bond donors (Lipinski definition) is 1. The van der Waals surface area contributed by atoms with Crippen molar-refractivity contribution in [3.05, 3.63) is 42.5 Å². The highest BCUT2D eigenvalue weighted by atomic mass is 16.5. The summed E-state index contributed by atoms with van der Waals surface area (Å²) in [5.74, 6) is 0.820. The number of hydrogen-bond acceptors (Lipinski definition) is 4. The van der Waals surface area contributed by atoms with E-state index in [1.54, 1.807) is 19.5 Å². The van der Waals surface area contributed by atoms with Crippen LogP contribution in [0.1, 0.15) is 5.56 Å². The van der Waals surface area contributed by atoms with Crippen LogP contribution in [-0.4, -0.2) is 23.6 Å². The van der Waals surface area contributed by atoms with E-state index in [0.717, 1.165) is 23.3 Å². The number of nitrogens with zero attached hydrogens (tertiary/aromatic N) is 2. The third-order valence-corrected chi connectivity index (χ3v) is 2.57. The van der Waals surface area contributed by atoms with E-state index < -0.39 is 0 Å². The molecule has 0 radical (unpaired) electrons. The van der Waals surface area contributed by atoms with Crippen molar-refractivity contribution < 1.29 is 4.74 Å². The van der Waals surface area contributed by atoms with Gasteiger partial charge in [-0.1, -0.05) is 6.07 Å². The molecule has 0 saturated carbocycles. The van der Waals surface area contributed by atoms with Gasteiger partial charge in [0.2, 0.25) is 0 Å². The average molecular weight is 229 g/mol. The van der Waals surface area contributed by atoms with Gasteiger partial charge in [-0.15, -0.1) is 0 Å². The molecule has 2 rings (SSSR count). The molecule has 0 aliphatic carbocycles. The Morgan fingerprint density at radius 3 is 2.65 bits per heavy atom. The number of ether oxygens (including phenoxy) is 1. The maximum atomic E-state index is 5.56. The van der Waals surface area contributed by atoms with Gasteiger partial charge in [0.1, 0.15) is 12.1 Å². The molecule has 0 amide bonds. The second-order valence-electron chi connectivity index (χ2n) is 3.70. The highest BCUT2D eigenvalue weighted by molar-refractivity contribution is 5.69. The van der Waals surface area contributed by atoms with Gasteiger partial charge in [0.25, 0.3) is 0 Å². The highest BCUT2D eigenvalue weighted by Crippen LogP contribution is 2.29. The van der Waals surface area contributed by atoms with Crippen molar-refractivity contribution in [2.75, 3.05) is 13.7 Å². The predicted molar refractivity (Wildman–Crippen MR) is 66.8 cm³/mol. The quantitative estimate of drug-likeness (QED) is 0.866. The van der Waals surface area contributed by atoms with Crippen LogP contribution in [0.25, 0.3) is 11.1 Å². The van der Waals surface area contributed by atoms with Gasteiger partial charge in [0.15, 0.2) is 0 Å². The topological polar surface area (TPSA) is 61.0 Å². The minimum atomic E-state index is 0.636. The normalized spacial score (nSPS) is 10.2. The van der Waals surface area contributed by atoms with Gasteiger partial charge < -0.3 is 10.5 Å². The third kappa shape index (κ3) is 2.60. The highest BCUT2D eigenvalue weighted by Gasteiger charge is 2.07. The van der Waals surface area contributed by atoms with Gasteiger partial charge in [0.05, 0.1) is 7.11 Å². The Balaban J connectivity index is 2.46. The van der Waals surface area contributed by atoms with Gasteiger partial charge in [-0.05, 0) is 30.7 Å². The molecule has 17 heavy (non-hydrogen) atoms. The van der Waals surface area contributed by atoms with Gasteiger partial charge >= 0.3 is 0 Å². The molecule has 2 aromatic rings. The Morgan fingerprint density at radius 1 is 1.24 bits per heavy atom. The molecule has 2 N–H and O–H groups in total. The zero-order valence-electron chi connectivity index (χ0n) is 9.76. The first kappa shape index (κ1) is 11.5.